The maximum atomic E-state index is 12.6. The Morgan fingerprint density at radius 2 is 1.91 bits per heavy atom. The summed E-state index contributed by atoms with van der Waals surface area (Å²) in [5.74, 6) is 0.682. The molecule has 0 bridgehead atoms. The first-order valence-electron chi connectivity index (χ1n) is 11.5. The Morgan fingerprint density at radius 3 is 2.69 bits per heavy atom. The molecule has 0 atom stereocenters. The van der Waals surface area contributed by atoms with E-state index in [4.69, 9.17) is 9.84 Å². The third-order valence-electron chi connectivity index (χ3n) is 6.16. The van der Waals surface area contributed by atoms with Crippen molar-refractivity contribution in [2.45, 2.75) is 12.8 Å². The van der Waals surface area contributed by atoms with E-state index in [1.807, 2.05) is 12.1 Å². The van der Waals surface area contributed by atoms with Crippen LogP contribution in [0.3, 0.4) is 0 Å². The Bertz CT molecular complexity index is 1340. The number of fused-ring (bicyclic) bond motifs is 1. The summed E-state index contributed by atoms with van der Waals surface area (Å²) >= 11 is 0. The summed E-state index contributed by atoms with van der Waals surface area (Å²) in [4.78, 5) is 34.7. The minimum atomic E-state index is -0.960. The molecule has 1 aliphatic heterocycles. The van der Waals surface area contributed by atoms with E-state index in [9.17, 15) is 9.59 Å². The molecule has 1 fully saturated rings. The van der Waals surface area contributed by atoms with E-state index in [1.165, 1.54) is 0 Å². The number of hydrogen-bond donors (Lipinski definition) is 2. The molecular weight excluding hydrogens is 446 g/mol. The van der Waals surface area contributed by atoms with Crippen LogP contribution in [0.15, 0.2) is 73.3 Å². The van der Waals surface area contributed by atoms with E-state index in [0.717, 1.165) is 37.4 Å². The van der Waals surface area contributed by atoms with Gasteiger partial charge in [-0.05, 0) is 61.2 Å². The first-order valence-corrected chi connectivity index (χ1v) is 11.5. The molecule has 0 unspecified atom stereocenters. The van der Waals surface area contributed by atoms with Gasteiger partial charge in [0.2, 0.25) is 0 Å². The standard InChI is InChI=1S/C26H25N5O4/c32-25(20-4-6-23-27-10-13-31(23)16-20)29-21-5-7-24(28-15-21)30-11-8-18(9-12-30)17-35-22-3-1-2-19(14-22)26(33)34/h1-7,10,13-16,18H,8-9,11-12,17H2,(H,29,32)(H,33,34). The lowest BCUT2D eigenvalue weighted by Crippen LogP contribution is -2.36. The molecule has 178 valence electrons. The second-order valence-electron chi connectivity index (χ2n) is 8.54. The molecule has 9 heteroatoms. The van der Waals surface area contributed by atoms with Gasteiger partial charge in [0.15, 0.2) is 0 Å². The molecule has 4 heterocycles. The van der Waals surface area contributed by atoms with Gasteiger partial charge in [0.25, 0.3) is 5.91 Å². The number of ether oxygens (including phenoxy) is 1. The monoisotopic (exact) mass is 471 g/mol. The number of rotatable bonds is 7. The predicted octanol–water partition coefficient (Wildman–Crippen LogP) is 3.98. The molecule has 4 aromatic rings. The van der Waals surface area contributed by atoms with Crippen LogP contribution >= 0.6 is 0 Å². The smallest absolute Gasteiger partial charge is 0.335 e. The van der Waals surface area contributed by atoms with Crippen LogP contribution in [0.25, 0.3) is 5.65 Å². The Hall–Kier alpha value is -4.40. The van der Waals surface area contributed by atoms with Crippen molar-refractivity contribution in [3.8, 4) is 5.75 Å². The number of anilines is 2. The number of carbonyl (C=O) groups excluding carboxylic acids is 1. The van der Waals surface area contributed by atoms with Crippen LogP contribution in [0.5, 0.6) is 5.75 Å². The molecule has 3 aromatic heterocycles. The van der Waals surface area contributed by atoms with Crippen LogP contribution < -0.4 is 15.0 Å². The molecule has 2 N–H and O–H groups in total. The fraction of sp³-hybridized carbons (Fsp3) is 0.231. The van der Waals surface area contributed by atoms with E-state index in [2.05, 4.69) is 20.2 Å². The van der Waals surface area contributed by atoms with Gasteiger partial charge >= 0.3 is 5.97 Å². The number of hydrogen-bond acceptors (Lipinski definition) is 6. The number of carbonyl (C=O) groups is 2. The van der Waals surface area contributed by atoms with Gasteiger partial charge in [-0.2, -0.15) is 0 Å². The van der Waals surface area contributed by atoms with Crippen molar-refractivity contribution in [3.05, 3.63) is 84.4 Å². The highest BCUT2D eigenvalue weighted by atomic mass is 16.5. The van der Waals surface area contributed by atoms with Crippen molar-refractivity contribution in [3.63, 3.8) is 0 Å². The van der Waals surface area contributed by atoms with E-state index < -0.39 is 5.97 Å². The van der Waals surface area contributed by atoms with Crippen molar-refractivity contribution in [2.24, 2.45) is 5.92 Å². The number of carboxylic acids is 1. The third-order valence-corrected chi connectivity index (χ3v) is 6.16. The quantitative estimate of drug-likeness (QED) is 0.420. The van der Waals surface area contributed by atoms with Crippen LogP contribution in [-0.2, 0) is 0 Å². The number of amides is 1. The van der Waals surface area contributed by atoms with Crippen molar-refractivity contribution in [1.29, 1.82) is 0 Å². The highest BCUT2D eigenvalue weighted by Crippen LogP contribution is 2.24. The second-order valence-corrected chi connectivity index (χ2v) is 8.54. The number of carboxylic acid groups (broad SMARTS) is 1. The van der Waals surface area contributed by atoms with Gasteiger partial charge in [-0.25, -0.2) is 14.8 Å². The highest BCUT2D eigenvalue weighted by molar-refractivity contribution is 6.04. The van der Waals surface area contributed by atoms with Crippen LogP contribution in [0.4, 0.5) is 11.5 Å². The topological polar surface area (TPSA) is 109 Å². The minimum Gasteiger partial charge on any atom is -0.493 e. The van der Waals surface area contributed by atoms with Crippen LogP contribution in [0.2, 0.25) is 0 Å². The molecule has 1 amide bonds. The maximum Gasteiger partial charge on any atom is 0.335 e. The Morgan fingerprint density at radius 1 is 1.06 bits per heavy atom. The minimum absolute atomic E-state index is 0.204. The van der Waals surface area contributed by atoms with Crippen LogP contribution in [0, 0.1) is 5.92 Å². The Balaban J connectivity index is 1.12. The lowest BCUT2D eigenvalue weighted by Gasteiger charge is -2.32. The average molecular weight is 472 g/mol. The van der Waals surface area contributed by atoms with Gasteiger partial charge in [0, 0.05) is 31.7 Å². The number of benzene rings is 1. The number of nitrogens with zero attached hydrogens (tertiary/aromatic N) is 4. The summed E-state index contributed by atoms with van der Waals surface area (Å²) in [5.41, 5.74) is 2.19. The average Bonchev–Trinajstić information content (AvgIpc) is 3.36. The van der Waals surface area contributed by atoms with E-state index in [0.29, 0.717) is 29.5 Å². The SMILES string of the molecule is O=C(O)c1cccc(OCC2CCN(c3ccc(NC(=O)c4ccc5nccn5c4)cn3)CC2)c1. The molecule has 0 spiro atoms. The molecular formula is C26H25N5O4. The number of nitrogens with one attached hydrogen (secondary N) is 1. The summed E-state index contributed by atoms with van der Waals surface area (Å²) in [7, 11) is 0. The molecule has 0 saturated carbocycles. The number of imidazole rings is 1. The predicted molar refractivity (Wildman–Crippen MR) is 131 cm³/mol. The fourth-order valence-corrected chi connectivity index (χ4v) is 4.17. The summed E-state index contributed by atoms with van der Waals surface area (Å²) in [6.45, 7) is 2.26. The van der Waals surface area contributed by atoms with Crippen LogP contribution in [-0.4, -0.2) is 51.0 Å². The lowest BCUT2D eigenvalue weighted by atomic mass is 9.98. The Labute approximate surface area is 202 Å². The maximum absolute atomic E-state index is 12.6. The van der Waals surface area contributed by atoms with Gasteiger partial charge in [-0.15, -0.1) is 0 Å². The molecule has 9 nitrogen and oxygen atoms in total. The number of aromatic nitrogens is 3. The molecule has 35 heavy (non-hydrogen) atoms. The first-order chi connectivity index (χ1) is 17.0. The van der Waals surface area contributed by atoms with Gasteiger partial charge < -0.3 is 24.5 Å². The van der Waals surface area contributed by atoms with Crippen molar-refractivity contribution >= 4 is 29.0 Å². The zero-order valence-corrected chi connectivity index (χ0v) is 19.0. The molecule has 5 rings (SSSR count). The van der Waals surface area contributed by atoms with Gasteiger partial charge in [0.1, 0.15) is 17.2 Å². The molecule has 1 aliphatic rings. The zero-order chi connectivity index (χ0) is 24.2. The fourth-order valence-electron chi connectivity index (χ4n) is 4.17. The van der Waals surface area contributed by atoms with Gasteiger partial charge in [-0.3, -0.25) is 4.79 Å². The Kier molecular flexibility index (Phi) is 6.30. The summed E-state index contributed by atoms with van der Waals surface area (Å²) in [6, 6.07) is 13.9. The number of aromatic carboxylic acids is 1. The second kappa shape index (κ2) is 9.84. The normalized spacial score (nSPS) is 14.1. The zero-order valence-electron chi connectivity index (χ0n) is 19.0. The largest absolute Gasteiger partial charge is 0.493 e. The van der Waals surface area contributed by atoms with E-state index in [-0.39, 0.29) is 11.5 Å². The number of piperidine rings is 1. The molecule has 0 aliphatic carbocycles. The first kappa shape index (κ1) is 22.4. The van der Waals surface area contributed by atoms with Crippen LogP contribution in [0.1, 0.15) is 33.6 Å². The molecule has 1 saturated heterocycles. The summed E-state index contributed by atoms with van der Waals surface area (Å²) in [5, 5.41) is 12.0. The third kappa shape index (κ3) is 5.24. The summed E-state index contributed by atoms with van der Waals surface area (Å²) < 4.78 is 7.65. The van der Waals surface area contributed by atoms with E-state index in [1.54, 1.807) is 65.6 Å². The van der Waals surface area contributed by atoms with Crippen molar-refractivity contribution in [1.82, 2.24) is 14.4 Å². The van der Waals surface area contributed by atoms with E-state index >= 15 is 0 Å². The van der Waals surface area contributed by atoms with Crippen molar-refractivity contribution in [2.75, 3.05) is 29.9 Å². The highest BCUT2D eigenvalue weighted by Gasteiger charge is 2.21. The van der Waals surface area contributed by atoms with Gasteiger partial charge in [0.05, 0.1) is 29.6 Å². The summed E-state index contributed by atoms with van der Waals surface area (Å²) in [6.07, 6.45) is 8.82. The molecule has 0 radical (unpaired) electrons. The van der Waals surface area contributed by atoms with Gasteiger partial charge in [-0.1, -0.05) is 6.07 Å². The number of pyridine rings is 2. The molecule has 1 aromatic carbocycles. The van der Waals surface area contributed by atoms with Crippen molar-refractivity contribution < 1.29 is 19.4 Å². The lowest BCUT2D eigenvalue weighted by molar-refractivity contribution is 0.0696.